The molecule has 1 aromatic heterocycles. The Morgan fingerprint density at radius 3 is 2.37 bits per heavy atom. The molecule has 1 aromatic carbocycles. The third-order valence-electron chi connectivity index (χ3n) is 4.51. The minimum absolute atomic E-state index is 0.174. The molecule has 1 heterocycles. The van der Waals surface area contributed by atoms with Crippen molar-refractivity contribution in [3.8, 4) is 0 Å². The number of hydrogen-bond donors (Lipinski definition) is 1. The number of rotatable bonds is 4. The van der Waals surface area contributed by atoms with Crippen LogP contribution < -0.4 is 5.32 Å². The summed E-state index contributed by atoms with van der Waals surface area (Å²) in [5.74, 6) is 1.05. The van der Waals surface area contributed by atoms with Crippen molar-refractivity contribution in [1.29, 1.82) is 0 Å². The monoisotopic (exact) mass is 255 g/mol. The molecule has 1 N–H and O–H groups in total. The molecule has 1 unspecified atom stereocenters. The van der Waals surface area contributed by atoms with Gasteiger partial charge >= 0.3 is 0 Å². The van der Waals surface area contributed by atoms with Crippen LogP contribution in [0.2, 0.25) is 0 Å². The third-order valence-corrected chi connectivity index (χ3v) is 4.51. The largest absolute Gasteiger partial charge is 0.468 e. The Bertz CT molecular complexity index is 497. The first-order valence-corrected chi connectivity index (χ1v) is 7.13. The van der Waals surface area contributed by atoms with Crippen molar-refractivity contribution in [3.63, 3.8) is 0 Å². The molecule has 0 spiro atoms. The lowest BCUT2D eigenvalue weighted by Gasteiger charge is -2.37. The van der Waals surface area contributed by atoms with Gasteiger partial charge in [-0.15, -0.1) is 0 Å². The van der Waals surface area contributed by atoms with E-state index in [4.69, 9.17) is 4.42 Å². The van der Waals surface area contributed by atoms with E-state index in [1.54, 1.807) is 6.26 Å². The van der Waals surface area contributed by atoms with Crippen LogP contribution in [0.25, 0.3) is 0 Å². The van der Waals surface area contributed by atoms with Crippen LogP contribution in [0, 0.1) is 0 Å². The Hall–Kier alpha value is -1.54. The molecule has 3 rings (SSSR count). The summed E-state index contributed by atoms with van der Waals surface area (Å²) in [4.78, 5) is 0. The molecule has 0 bridgehead atoms. The maximum absolute atomic E-state index is 5.68. The molecule has 1 fully saturated rings. The summed E-state index contributed by atoms with van der Waals surface area (Å²) in [7, 11) is 2.04. The summed E-state index contributed by atoms with van der Waals surface area (Å²) in [6, 6.07) is 15.2. The number of furan rings is 1. The minimum Gasteiger partial charge on any atom is -0.468 e. The maximum Gasteiger partial charge on any atom is 0.121 e. The van der Waals surface area contributed by atoms with Gasteiger partial charge in [0.2, 0.25) is 0 Å². The Balaban J connectivity index is 2.05. The van der Waals surface area contributed by atoms with E-state index < -0.39 is 0 Å². The molecule has 0 radical (unpaired) electrons. The van der Waals surface area contributed by atoms with Crippen LogP contribution in [-0.4, -0.2) is 7.05 Å². The van der Waals surface area contributed by atoms with Crippen LogP contribution in [0.4, 0.5) is 0 Å². The summed E-state index contributed by atoms with van der Waals surface area (Å²) >= 11 is 0. The van der Waals surface area contributed by atoms with E-state index in [1.165, 1.54) is 31.2 Å². The normalized spacial score (nSPS) is 19.4. The molecule has 19 heavy (non-hydrogen) atoms. The summed E-state index contributed by atoms with van der Waals surface area (Å²) in [5, 5.41) is 3.49. The molecular formula is C17H21NO. The second-order valence-electron chi connectivity index (χ2n) is 5.47. The molecule has 1 aliphatic rings. The Labute approximate surface area is 114 Å². The van der Waals surface area contributed by atoms with Gasteiger partial charge in [0, 0.05) is 5.41 Å². The molecule has 1 saturated carbocycles. The highest BCUT2D eigenvalue weighted by Gasteiger charge is 2.43. The fourth-order valence-electron chi connectivity index (χ4n) is 3.67. The molecule has 2 nitrogen and oxygen atoms in total. The molecular weight excluding hydrogens is 234 g/mol. The SMILES string of the molecule is CNC(c1ccco1)C1(c2ccccc2)CCCC1. The van der Waals surface area contributed by atoms with Crippen LogP contribution in [0.3, 0.4) is 0 Å². The summed E-state index contributed by atoms with van der Waals surface area (Å²) in [6.07, 6.45) is 6.82. The molecule has 1 atom stereocenters. The van der Waals surface area contributed by atoms with Crippen LogP contribution in [0.1, 0.15) is 43.0 Å². The van der Waals surface area contributed by atoms with E-state index in [1.807, 2.05) is 13.1 Å². The fourth-order valence-corrected chi connectivity index (χ4v) is 3.67. The highest BCUT2D eigenvalue weighted by Crippen LogP contribution is 2.49. The molecule has 2 heteroatoms. The van der Waals surface area contributed by atoms with E-state index in [9.17, 15) is 0 Å². The van der Waals surface area contributed by atoms with Gasteiger partial charge in [-0.05, 0) is 37.6 Å². The first kappa shape index (κ1) is 12.5. The van der Waals surface area contributed by atoms with Crippen molar-refractivity contribution < 1.29 is 4.42 Å². The number of likely N-dealkylation sites (N-methyl/N-ethyl adjacent to an activating group) is 1. The topological polar surface area (TPSA) is 25.2 Å². The van der Waals surface area contributed by atoms with Crippen LogP contribution in [0.5, 0.6) is 0 Å². The van der Waals surface area contributed by atoms with E-state index in [0.717, 1.165) is 5.76 Å². The highest BCUT2D eigenvalue weighted by atomic mass is 16.3. The number of benzene rings is 1. The summed E-state index contributed by atoms with van der Waals surface area (Å²) in [5.41, 5.74) is 1.61. The summed E-state index contributed by atoms with van der Waals surface area (Å²) < 4.78 is 5.68. The molecule has 100 valence electrons. The first-order valence-electron chi connectivity index (χ1n) is 7.13. The lowest BCUT2D eigenvalue weighted by Crippen LogP contribution is -2.38. The van der Waals surface area contributed by atoms with Crippen LogP contribution in [-0.2, 0) is 5.41 Å². The molecule has 0 amide bonds. The standard InChI is InChI=1S/C17H21NO/c1-18-16(15-10-7-13-19-15)17(11-5-6-12-17)14-8-3-2-4-9-14/h2-4,7-10,13,16,18H,5-6,11-12H2,1H3. The van der Waals surface area contributed by atoms with Crippen molar-refractivity contribution >= 4 is 0 Å². The zero-order valence-corrected chi connectivity index (χ0v) is 11.4. The van der Waals surface area contributed by atoms with E-state index >= 15 is 0 Å². The van der Waals surface area contributed by atoms with Crippen molar-refractivity contribution in [2.75, 3.05) is 7.05 Å². The van der Waals surface area contributed by atoms with Crippen LogP contribution >= 0.6 is 0 Å². The average molecular weight is 255 g/mol. The van der Waals surface area contributed by atoms with Gasteiger partial charge in [0.25, 0.3) is 0 Å². The van der Waals surface area contributed by atoms with E-state index in [0.29, 0.717) is 0 Å². The van der Waals surface area contributed by atoms with E-state index in [-0.39, 0.29) is 11.5 Å². The predicted molar refractivity (Wildman–Crippen MR) is 77.1 cm³/mol. The smallest absolute Gasteiger partial charge is 0.121 e. The van der Waals surface area contributed by atoms with Crippen molar-refractivity contribution in [3.05, 3.63) is 60.1 Å². The van der Waals surface area contributed by atoms with Crippen molar-refractivity contribution in [1.82, 2.24) is 5.32 Å². The molecule has 0 saturated heterocycles. The summed E-state index contributed by atoms with van der Waals surface area (Å²) in [6.45, 7) is 0. The third kappa shape index (κ3) is 2.10. The first-order chi connectivity index (χ1) is 9.37. The zero-order valence-electron chi connectivity index (χ0n) is 11.4. The van der Waals surface area contributed by atoms with Gasteiger partial charge in [0.15, 0.2) is 0 Å². The van der Waals surface area contributed by atoms with Gasteiger partial charge in [-0.25, -0.2) is 0 Å². The number of nitrogens with one attached hydrogen (secondary N) is 1. The van der Waals surface area contributed by atoms with Gasteiger partial charge in [0.1, 0.15) is 5.76 Å². The second kappa shape index (κ2) is 5.22. The molecule has 0 aliphatic heterocycles. The molecule has 1 aliphatic carbocycles. The van der Waals surface area contributed by atoms with Crippen molar-refractivity contribution in [2.24, 2.45) is 0 Å². The van der Waals surface area contributed by atoms with Crippen LogP contribution in [0.15, 0.2) is 53.1 Å². The average Bonchev–Trinajstić information content (AvgIpc) is 3.13. The van der Waals surface area contributed by atoms with Gasteiger partial charge < -0.3 is 9.73 Å². The van der Waals surface area contributed by atoms with Crippen molar-refractivity contribution in [2.45, 2.75) is 37.1 Å². The lowest BCUT2D eigenvalue weighted by atomic mass is 9.72. The fraction of sp³-hybridized carbons (Fsp3) is 0.412. The van der Waals surface area contributed by atoms with Gasteiger partial charge in [-0.2, -0.15) is 0 Å². The quantitative estimate of drug-likeness (QED) is 0.891. The Kier molecular flexibility index (Phi) is 3.43. The maximum atomic E-state index is 5.68. The predicted octanol–water partition coefficient (Wildman–Crippen LogP) is 4.05. The molecule has 2 aromatic rings. The lowest BCUT2D eigenvalue weighted by molar-refractivity contribution is 0.274. The zero-order chi connectivity index (χ0) is 13.1. The minimum atomic E-state index is 0.174. The van der Waals surface area contributed by atoms with Gasteiger partial charge in [0.05, 0.1) is 12.3 Å². The highest BCUT2D eigenvalue weighted by molar-refractivity contribution is 5.31. The Morgan fingerprint density at radius 2 is 1.79 bits per heavy atom. The Morgan fingerprint density at radius 1 is 1.05 bits per heavy atom. The van der Waals surface area contributed by atoms with Gasteiger partial charge in [-0.1, -0.05) is 43.2 Å². The second-order valence-corrected chi connectivity index (χ2v) is 5.47. The van der Waals surface area contributed by atoms with Gasteiger partial charge in [-0.3, -0.25) is 0 Å². The number of hydrogen-bond acceptors (Lipinski definition) is 2. The van der Waals surface area contributed by atoms with E-state index in [2.05, 4.69) is 41.7 Å².